The Kier molecular flexibility index (Phi) is 5.99. The Bertz CT molecular complexity index is 909. The zero-order valence-electron chi connectivity index (χ0n) is 15.4. The topological polar surface area (TPSA) is 92.5 Å². The van der Waals surface area contributed by atoms with E-state index in [1.807, 2.05) is 19.1 Å². The van der Waals surface area contributed by atoms with Crippen molar-refractivity contribution in [3.05, 3.63) is 53.3 Å². The summed E-state index contributed by atoms with van der Waals surface area (Å²) in [5.41, 5.74) is 2.27. The number of anilines is 1. The minimum atomic E-state index is -3.87. The fraction of sp³-hybridized carbons (Fsp3) is 0.333. The lowest BCUT2D eigenvalue weighted by Crippen LogP contribution is -2.38. The standard InChI is InChI=1S/C18H23N3O4S/c1-6-7-21(11-17(22)19-16-10-15(5)25-20-16)26(23,24)18-13(3)8-12(2)9-14(18)4/h6,8-10H,1,7,11H2,2-5H3,(H,19,20,22). The average Bonchev–Trinajstić information content (AvgIpc) is 2.90. The Morgan fingerprint density at radius 3 is 2.35 bits per heavy atom. The first-order valence-corrected chi connectivity index (χ1v) is 9.51. The van der Waals surface area contributed by atoms with Gasteiger partial charge in [-0.15, -0.1) is 6.58 Å². The molecule has 0 atom stereocenters. The summed E-state index contributed by atoms with van der Waals surface area (Å²) in [6.07, 6.45) is 1.45. The molecule has 7 nitrogen and oxygen atoms in total. The summed E-state index contributed by atoms with van der Waals surface area (Å²) < 4.78 is 32.2. The summed E-state index contributed by atoms with van der Waals surface area (Å²) in [4.78, 5) is 12.5. The number of carbonyl (C=O) groups is 1. The molecule has 0 saturated carbocycles. The van der Waals surface area contributed by atoms with Crippen molar-refractivity contribution in [2.75, 3.05) is 18.4 Å². The normalized spacial score (nSPS) is 11.6. The molecule has 0 radical (unpaired) electrons. The highest BCUT2D eigenvalue weighted by Gasteiger charge is 2.29. The minimum absolute atomic E-state index is 0.0142. The first kappa shape index (κ1) is 19.9. The summed E-state index contributed by atoms with van der Waals surface area (Å²) in [7, 11) is -3.87. The molecule has 0 aliphatic heterocycles. The lowest BCUT2D eigenvalue weighted by atomic mass is 10.1. The van der Waals surface area contributed by atoms with Gasteiger partial charge >= 0.3 is 0 Å². The van der Waals surface area contributed by atoms with Crippen molar-refractivity contribution in [3.8, 4) is 0 Å². The van der Waals surface area contributed by atoms with E-state index in [0.717, 1.165) is 9.87 Å². The molecule has 2 aromatic rings. The molecule has 1 aromatic carbocycles. The summed E-state index contributed by atoms with van der Waals surface area (Å²) in [6.45, 7) is 10.4. The third-order valence-electron chi connectivity index (χ3n) is 3.75. The van der Waals surface area contributed by atoms with Gasteiger partial charge in [-0.3, -0.25) is 4.79 Å². The van der Waals surface area contributed by atoms with Crippen LogP contribution in [0.15, 0.2) is 40.3 Å². The predicted molar refractivity (Wildman–Crippen MR) is 99.5 cm³/mol. The maximum absolute atomic E-state index is 13.1. The van der Waals surface area contributed by atoms with Gasteiger partial charge in [-0.1, -0.05) is 28.9 Å². The van der Waals surface area contributed by atoms with Crippen LogP contribution in [0.25, 0.3) is 0 Å². The molecule has 8 heteroatoms. The first-order valence-electron chi connectivity index (χ1n) is 8.07. The Labute approximate surface area is 153 Å². The molecule has 0 spiro atoms. The van der Waals surface area contributed by atoms with Crippen LogP contribution in [0.4, 0.5) is 5.82 Å². The van der Waals surface area contributed by atoms with Crippen LogP contribution >= 0.6 is 0 Å². The highest BCUT2D eigenvalue weighted by molar-refractivity contribution is 7.89. The van der Waals surface area contributed by atoms with Crippen LogP contribution in [-0.4, -0.2) is 36.9 Å². The molecule has 2 rings (SSSR count). The van der Waals surface area contributed by atoms with E-state index in [4.69, 9.17) is 4.52 Å². The predicted octanol–water partition coefficient (Wildman–Crippen LogP) is 2.72. The van der Waals surface area contributed by atoms with Gasteiger partial charge in [0.25, 0.3) is 0 Å². The van der Waals surface area contributed by atoms with Gasteiger partial charge in [0.1, 0.15) is 5.76 Å². The first-order chi connectivity index (χ1) is 12.1. The molecule has 0 bridgehead atoms. The van der Waals surface area contributed by atoms with Gasteiger partial charge in [-0.25, -0.2) is 8.42 Å². The monoisotopic (exact) mass is 377 g/mol. The van der Waals surface area contributed by atoms with E-state index in [2.05, 4.69) is 17.1 Å². The smallest absolute Gasteiger partial charge is 0.244 e. The number of rotatable bonds is 7. The van der Waals surface area contributed by atoms with Crippen molar-refractivity contribution in [1.29, 1.82) is 0 Å². The fourth-order valence-electron chi connectivity index (χ4n) is 2.86. The number of sulfonamides is 1. The third kappa shape index (κ3) is 4.39. The molecule has 0 saturated heterocycles. The third-order valence-corrected chi connectivity index (χ3v) is 5.87. The van der Waals surface area contributed by atoms with Crippen LogP contribution < -0.4 is 5.32 Å². The van der Waals surface area contributed by atoms with Gasteiger partial charge < -0.3 is 9.84 Å². The molecule has 0 aliphatic rings. The highest BCUT2D eigenvalue weighted by atomic mass is 32.2. The summed E-state index contributed by atoms with van der Waals surface area (Å²) in [5, 5.41) is 6.20. The summed E-state index contributed by atoms with van der Waals surface area (Å²) in [6, 6.07) is 5.17. The van der Waals surface area contributed by atoms with Crippen LogP contribution in [0.5, 0.6) is 0 Å². The van der Waals surface area contributed by atoms with Gasteiger partial charge in [-0.05, 0) is 38.8 Å². The molecular weight excluding hydrogens is 354 g/mol. The van der Waals surface area contributed by atoms with Crippen LogP contribution in [0, 0.1) is 27.7 Å². The maximum atomic E-state index is 13.1. The van der Waals surface area contributed by atoms with E-state index >= 15 is 0 Å². The SMILES string of the molecule is C=CCN(CC(=O)Nc1cc(C)on1)S(=O)(=O)c1c(C)cc(C)cc1C. The second-order valence-electron chi connectivity index (χ2n) is 6.19. The van der Waals surface area contributed by atoms with Gasteiger partial charge in [-0.2, -0.15) is 4.31 Å². The summed E-state index contributed by atoms with van der Waals surface area (Å²) >= 11 is 0. The number of hydrogen-bond acceptors (Lipinski definition) is 5. The highest BCUT2D eigenvalue weighted by Crippen LogP contribution is 2.25. The van der Waals surface area contributed by atoms with E-state index in [0.29, 0.717) is 16.9 Å². The summed E-state index contributed by atoms with van der Waals surface area (Å²) in [5.74, 6) is 0.277. The molecule has 26 heavy (non-hydrogen) atoms. The second kappa shape index (κ2) is 7.84. The van der Waals surface area contributed by atoms with E-state index in [1.165, 1.54) is 6.08 Å². The van der Waals surface area contributed by atoms with E-state index in [-0.39, 0.29) is 23.8 Å². The maximum Gasteiger partial charge on any atom is 0.244 e. The van der Waals surface area contributed by atoms with Crippen molar-refractivity contribution in [3.63, 3.8) is 0 Å². The number of amides is 1. The van der Waals surface area contributed by atoms with Crippen molar-refractivity contribution >= 4 is 21.7 Å². The lowest BCUT2D eigenvalue weighted by molar-refractivity contribution is -0.116. The van der Waals surface area contributed by atoms with Crippen molar-refractivity contribution in [1.82, 2.24) is 9.46 Å². The van der Waals surface area contributed by atoms with Crippen molar-refractivity contribution < 1.29 is 17.7 Å². The molecule has 1 amide bonds. The average molecular weight is 377 g/mol. The van der Waals surface area contributed by atoms with Crippen LogP contribution in [0.3, 0.4) is 0 Å². The molecule has 1 N–H and O–H groups in total. The van der Waals surface area contributed by atoms with Gasteiger partial charge in [0, 0.05) is 12.6 Å². The fourth-order valence-corrected chi connectivity index (χ4v) is 4.64. The minimum Gasteiger partial charge on any atom is -0.360 e. The van der Waals surface area contributed by atoms with Crippen LogP contribution in [0.2, 0.25) is 0 Å². The Balaban J connectivity index is 2.30. The van der Waals surface area contributed by atoms with E-state index < -0.39 is 15.9 Å². The largest absolute Gasteiger partial charge is 0.360 e. The van der Waals surface area contributed by atoms with Gasteiger partial charge in [0.2, 0.25) is 15.9 Å². The molecule has 140 valence electrons. The number of carbonyl (C=O) groups excluding carboxylic acids is 1. The number of nitrogens with one attached hydrogen (secondary N) is 1. The molecule has 1 heterocycles. The molecule has 1 aromatic heterocycles. The van der Waals surface area contributed by atoms with Gasteiger partial charge in [0.15, 0.2) is 5.82 Å². The number of nitrogens with zero attached hydrogens (tertiary/aromatic N) is 2. The molecule has 0 fully saturated rings. The van der Waals surface area contributed by atoms with Crippen molar-refractivity contribution in [2.24, 2.45) is 0 Å². The quantitative estimate of drug-likeness (QED) is 0.749. The number of hydrogen-bond donors (Lipinski definition) is 1. The number of aryl methyl sites for hydroxylation is 4. The lowest BCUT2D eigenvalue weighted by Gasteiger charge is -2.22. The molecule has 0 aliphatic carbocycles. The molecular formula is C18H23N3O4S. The van der Waals surface area contributed by atoms with Crippen LogP contribution in [0.1, 0.15) is 22.5 Å². The van der Waals surface area contributed by atoms with E-state index in [9.17, 15) is 13.2 Å². The number of aromatic nitrogens is 1. The Morgan fingerprint density at radius 2 is 1.85 bits per heavy atom. The van der Waals surface area contributed by atoms with Gasteiger partial charge in [0.05, 0.1) is 11.4 Å². The van der Waals surface area contributed by atoms with Crippen LogP contribution in [-0.2, 0) is 14.8 Å². The zero-order chi connectivity index (χ0) is 19.5. The van der Waals surface area contributed by atoms with Crippen molar-refractivity contribution in [2.45, 2.75) is 32.6 Å². The zero-order valence-corrected chi connectivity index (χ0v) is 16.2. The second-order valence-corrected chi connectivity index (χ2v) is 8.06. The Hall–Kier alpha value is -2.45. The van der Waals surface area contributed by atoms with E-state index in [1.54, 1.807) is 26.8 Å². The molecule has 0 unspecified atom stereocenters. The Morgan fingerprint density at radius 1 is 1.23 bits per heavy atom. The number of benzene rings is 1.